The van der Waals surface area contributed by atoms with Gasteiger partial charge in [-0.25, -0.2) is 14.6 Å². The molecule has 0 atom stereocenters. The fraction of sp³-hybridized carbons (Fsp3) is 0.158. The number of para-hydroxylation sites is 1. The van der Waals surface area contributed by atoms with E-state index < -0.39 is 30.3 Å². The number of hydrogen-bond acceptors (Lipinski definition) is 5. The zero-order valence-corrected chi connectivity index (χ0v) is 14.8. The largest absolute Gasteiger partial charge is 0.495 e. The van der Waals surface area contributed by atoms with Crippen molar-refractivity contribution in [3.63, 3.8) is 0 Å². The Balaban J connectivity index is 1.77. The molecular formula is C19H17N3O5. The number of methoxy groups -OCH3 is 1. The molecule has 0 unspecified atom stereocenters. The van der Waals surface area contributed by atoms with Crippen LogP contribution in [0.1, 0.15) is 5.56 Å². The topological polar surface area (TPSA) is 96.0 Å². The van der Waals surface area contributed by atoms with Gasteiger partial charge in [0.2, 0.25) is 5.91 Å². The summed E-state index contributed by atoms with van der Waals surface area (Å²) in [6.07, 6.45) is 0. The third-order valence-corrected chi connectivity index (χ3v) is 4.00. The zero-order valence-electron chi connectivity index (χ0n) is 14.8. The molecule has 0 bridgehead atoms. The van der Waals surface area contributed by atoms with E-state index in [1.807, 2.05) is 13.0 Å². The average Bonchev–Trinajstić information content (AvgIpc) is 2.86. The Morgan fingerprint density at radius 1 is 1.04 bits per heavy atom. The number of nitrogens with zero attached hydrogens (tertiary/aromatic N) is 2. The first-order valence-corrected chi connectivity index (χ1v) is 8.12. The highest BCUT2D eigenvalue weighted by atomic mass is 16.5. The van der Waals surface area contributed by atoms with Crippen molar-refractivity contribution >= 4 is 35.1 Å². The molecule has 1 saturated heterocycles. The molecule has 0 aromatic heterocycles. The number of imide groups is 2. The van der Waals surface area contributed by atoms with Crippen LogP contribution in [0.3, 0.4) is 0 Å². The van der Waals surface area contributed by atoms with Crippen molar-refractivity contribution in [3.8, 4) is 5.75 Å². The number of anilines is 2. The molecule has 1 N–H and O–H groups in total. The normalized spacial score (nSPS) is 13.9. The summed E-state index contributed by atoms with van der Waals surface area (Å²) in [6.45, 7) is 1.27. The molecule has 0 spiro atoms. The third kappa shape index (κ3) is 3.50. The van der Waals surface area contributed by atoms with Gasteiger partial charge >= 0.3 is 17.8 Å². The lowest BCUT2D eigenvalue weighted by molar-refractivity contribution is -0.140. The van der Waals surface area contributed by atoms with Crippen LogP contribution in [-0.4, -0.2) is 42.3 Å². The van der Waals surface area contributed by atoms with Crippen LogP contribution in [0.2, 0.25) is 0 Å². The summed E-state index contributed by atoms with van der Waals surface area (Å²) in [5.41, 5.74) is 1.57. The Labute approximate surface area is 155 Å². The molecule has 0 radical (unpaired) electrons. The molecular weight excluding hydrogens is 350 g/mol. The molecule has 138 valence electrons. The monoisotopic (exact) mass is 367 g/mol. The summed E-state index contributed by atoms with van der Waals surface area (Å²) in [5.74, 6) is -2.22. The van der Waals surface area contributed by atoms with Crippen LogP contribution in [0, 0.1) is 6.92 Å². The average molecular weight is 367 g/mol. The van der Waals surface area contributed by atoms with E-state index in [0.717, 1.165) is 10.5 Å². The van der Waals surface area contributed by atoms with Gasteiger partial charge in [0.05, 0.1) is 18.5 Å². The molecule has 3 rings (SSSR count). The second-order valence-corrected chi connectivity index (χ2v) is 5.90. The summed E-state index contributed by atoms with van der Waals surface area (Å²) >= 11 is 0. The number of urea groups is 1. The summed E-state index contributed by atoms with van der Waals surface area (Å²) in [4.78, 5) is 50.6. The lowest BCUT2D eigenvalue weighted by Crippen LogP contribution is -2.39. The standard InChI is InChI=1S/C19H17N3O5/c1-12-8-9-15(27-2)14(10-12)20-16(23)11-21-17(24)18(25)22(19(21)26)13-6-4-3-5-7-13/h3-10H,11H2,1-2H3,(H,20,23). The molecule has 1 heterocycles. The summed E-state index contributed by atoms with van der Waals surface area (Å²) in [5, 5.41) is 2.60. The fourth-order valence-corrected chi connectivity index (χ4v) is 2.70. The first-order chi connectivity index (χ1) is 12.9. The molecule has 1 fully saturated rings. The van der Waals surface area contributed by atoms with Crippen molar-refractivity contribution in [3.05, 3.63) is 54.1 Å². The van der Waals surface area contributed by atoms with Crippen LogP contribution in [0.25, 0.3) is 0 Å². The molecule has 27 heavy (non-hydrogen) atoms. The minimum atomic E-state index is -1.05. The van der Waals surface area contributed by atoms with E-state index in [1.165, 1.54) is 19.2 Å². The smallest absolute Gasteiger partial charge is 0.339 e. The summed E-state index contributed by atoms with van der Waals surface area (Å²) in [6, 6.07) is 12.4. The van der Waals surface area contributed by atoms with Gasteiger partial charge in [-0.2, -0.15) is 0 Å². The zero-order chi connectivity index (χ0) is 19.6. The number of aryl methyl sites for hydroxylation is 1. The predicted molar refractivity (Wildman–Crippen MR) is 97.4 cm³/mol. The van der Waals surface area contributed by atoms with Crippen LogP contribution in [0.5, 0.6) is 5.75 Å². The van der Waals surface area contributed by atoms with Crippen molar-refractivity contribution in [2.75, 3.05) is 23.9 Å². The van der Waals surface area contributed by atoms with E-state index >= 15 is 0 Å². The molecule has 8 heteroatoms. The molecule has 0 aliphatic carbocycles. The molecule has 1 aliphatic heterocycles. The lowest BCUT2D eigenvalue weighted by Gasteiger charge is -2.16. The Morgan fingerprint density at radius 2 is 1.74 bits per heavy atom. The quantitative estimate of drug-likeness (QED) is 0.644. The van der Waals surface area contributed by atoms with Crippen LogP contribution < -0.4 is 15.0 Å². The van der Waals surface area contributed by atoms with E-state index in [0.29, 0.717) is 16.3 Å². The van der Waals surface area contributed by atoms with Crippen molar-refractivity contribution in [2.24, 2.45) is 0 Å². The number of nitrogens with one attached hydrogen (secondary N) is 1. The maximum Gasteiger partial charge on any atom is 0.339 e. The maximum atomic E-state index is 12.5. The highest BCUT2D eigenvalue weighted by Crippen LogP contribution is 2.26. The van der Waals surface area contributed by atoms with Crippen LogP contribution in [0.15, 0.2) is 48.5 Å². The lowest BCUT2D eigenvalue weighted by atomic mass is 10.2. The number of ether oxygens (including phenoxy) is 1. The van der Waals surface area contributed by atoms with E-state index in [-0.39, 0.29) is 5.69 Å². The van der Waals surface area contributed by atoms with Gasteiger partial charge in [0.25, 0.3) is 0 Å². The first kappa shape index (κ1) is 18.1. The highest BCUT2D eigenvalue weighted by molar-refractivity contribution is 6.53. The number of carbonyl (C=O) groups excluding carboxylic acids is 4. The fourth-order valence-electron chi connectivity index (χ4n) is 2.70. The van der Waals surface area contributed by atoms with Gasteiger partial charge in [0.1, 0.15) is 12.3 Å². The molecule has 2 aromatic carbocycles. The van der Waals surface area contributed by atoms with Gasteiger partial charge in [-0.15, -0.1) is 0 Å². The highest BCUT2D eigenvalue weighted by Gasteiger charge is 2.46. The number of carbonyl (C=O) groups is 4. The van der Waals surface area contributed by atoms with Gasteiger partial charge < -0.3 is 10.1 Å². The van der Waals surface area contributed by atoms with Crippen molar-refractivity contribution in [2.45, 2.75) is 6.92 Å². The van der Waals surface area contributed by atoms with Gasteiger partial charge in [-0.3, -0.25) is 14.4 Å². The number of benzene rings is 2. The van der Waals surface area contributed by atoms with E-state index in [4.69, 9.17) is 4.74 Å². The number of rotatable bonds is 5. The summed E-state index contributed by atoms with van der Waals surface area (Å²) in [7, 11) is 1.46. The summed E-state index contributed by atoms with van der Waals surface area (Å²) < 4.78 is 5.18. The van der Waals surface area contributed by atoms with E-state index in [9.17, 15) is 19.2 Å². The first-order valence-electron chi connectivity index (χ1n) is 8.12. The second kappa shape index (κ2) is 7.28. The maximum absolute atomic E-state index is 12.5. The van der Waals surface area contributed by atoms with Crippen molar-refractivity contribution in [1.82, 2.24) is 4.90 Å². The number of hydrogen-bond donors (Lipinski definition) is 1. The van der Waals surface area contributed by atoms with Gasteiger partial charge in [0, 0.05) is 0 Å². The van der Waals surface area contributed by atoms with Crippen molar-refractivity contribution < 1.29 is 23.9 Å². The molecule has 8 nitrogen and oxygen atoms in total. The second-order valence-electron chi connectivity index (χ2n) is 5.90. The molecule has 2 aromatic rings. The van der Waals surface area contributed by atoms with E-state index in [1.54, 1.807) is 30.3 Å². The molecule has 1 aliphatic rings. The van der Waals surface area contributed by atoms with Crippen LogP contribution in [0.4, 0.5) is 16.2 Å². The van der Waals surface area contributed by atoms with Crippen LogP contribution in [-0.2, 0) is 14.4 Å². The minimum absolute atomic E-state index is 0.268. The number of amides is 5. The SMILES string of the molecule is COc1ccc(C)cc1NC(=O)CN1C(=O)C(=O)N(c2ccccc2)C1=O. The predicted octanol–water partition coefficient (Wildman–Crippen LogP) is 1.94. The Hall–Kier alpha value is -3.68. The van der Waals surface area contributed by atoms with Gasteiger partial charge in [-0.05, 0) is 36.8 Å². The van der Waals surface area contributed by atoms with Crippen LogP contribution >= 0.6 is 0 Å². The van der Waals surface area contributed by atoms with Gasteiger partial charge in [-0.1, -0.05) is 24.3 Å². The Bertz CT molecular complexity index is 926. The molecule has 0 saturated carbocycles. The van der Waals surface area contributed by atoms with E-state index in [2.05, 4.69) is 5.32 Å². The molecule has 5 amide bonds. The van der Waals surface area contributed by atoms with Gasteiger partial charge in [0.15, 0.2) is 0 Å². The minimum Gasteiger partial charge on any atom is -0.495 e. The Morgan fingerprint density at radius 3 is 2.41 bits per heavy atom. The third-order valence-electron chi connectivity index (χ3n) is 4.00. The Kier molecular flexibility index (Phi) is 4.89. The van der Waals surface area contributed by atoms with Crippen molar-refractivity contribution in [1.29, 1.82) is 0 Å².